The molecule has 0 saturated heterocycles. The maximum atomic E-state index is 12.7. The number of aliphatic hydroxyl groups is 1. The molecule has 0 saturated carbocycles. The molecule has 3 rings (SSSR count). The molecule has 1 aromatic heterocycles. The van der Waals surface area contributed by atoms with E-state index in [4.69, 9.17) is 4.74 Å². The molecular formula is C23H29N3O3. The van der Waals surface area contributed by atoms with Crippen molar-refractivity contribution in [3.63, 3.8) is 0 Å². The number of aliphatic hydroxyl groups excluding tert-OH is 1. The van der Waals surface area contributed by atoms with Crippen molar-refractivity contribution in [2.24, 2.45) is 7.05 Å². The van der Waals surface area contributed by atoms with Crippen LogP contribution in [-0.2, 0) is 7.05 Å². The van der Waals surface area contributed by atoms with Crippen molar-refractivity contribution < 1.29 is 9.84 Å². The normalized spacial score (nSPS) is 12.9. The van der Waals surface area contributed by atoms with Gasteiger partial charge in [-0.25, -0.2) is 4.98 Å². The molecule has 1 heterocycles. The fourth-order valence-electron chi connectivity index (χ4n) is 3.02. The second kappa shape index (κ2) is 8.35. The van der Waals surface area contributed by atoms with Crippen molar-refractivity contribution in [3.05, 3.63) is 58.4 Å². The van der Waals surface area contributed by atoms with E-state index in [1.165, 1.54) is 0 Å². The SMILES string of the molecule is Cc1ccc2nc(-c3ccc(OCC(O)CNC(C)(C)C)cc3)n(C)c(=O)c2c1. The molecule has 2 aromatic carbocycles. The number of nitrogens with one attached hydrogen (secondary N) is 1. The highest BCUT2D eigenvalue weighted by Gasteiger charge is 2.13. The molecule has 0 radical (unpaired) electrons. The van der Waals surface area contributed by atoms with Crippen molar-refractivity contribution in [3.8, 4) is 17.1 Å². The molecule has 0 bridgehead atoms. The van der Waals surface area contributed by atoms with E-state index >= 15 is 0 Å². The van der Waals surface area contributed by atoms with Crippen LogP contribution in [0.4, 0.5) is 0 Å². The zero-order valence-electron chi connectivity index (χ0n) is 17.7. The molecule has 0 spiro atoms. The summed E-state index contributed by atoms with van der Waals surface area (Å²) in [6.07, 6.45) is -0.597. The molecular weight excluding hydrogens is 366 g/mol. The van der Waals surface area contributed by atoms with E-state index in [9.17, 15) is 9.90 Å². The molecule has 0 aliphatic rings. The Bertz CT molecular complexity index is 1050. The zero-order valence-corrected chi connectivity index (χ0v) is 17.7. The maximum absolute atomic E-state index is 12.7. The minimum atomic E-state index is -0.597. The first-order chi connectivity index (χ1) is 13.6. The fraction of sp³-hybridized carbons (Fsp3) is 0.391. The first-order valence-electron chi connectivity index (χ1n) is 9.78. The summed E-state index contributed by atoms with van der Waals surface area (Å²) in [5.74, 6) is 1.26. The number of β-amino-alcohol motifs (C(OH)–C–C–N with tert-alkyl or cyclic N) is 1. The smallest absolute Gasteiger partial charge is 0.261 e. The lowest BCUT2D eigenvalue weighted by Gasteiger charge is -2.23. The van der Waals surface area contributed by atoms with Gasteiger partial charge in [-0.1, -0.05) is 11.6 Å². The summed E-state index contributed by atoms with van der Waals surface area (Å²) in [7, 11) is 1.73. The van der Waals surface area contributed by atoms with Gasteiger partial charge in [-0.15, -0.1) is 0 Å². The lowest BCUT2D eigenvalue weighted by molar-refractivity contribution is 0.100. The zero-order chi connectivity index (χ0) is 21.2. The maximum Gasteiger partial charge on any atom is 0.261 e. The second-order valence-corrected chi connectivity index (χ2v) is 8.44. The number of nitrogens with zero attached hydrogens (tertiary/aromatic N) is 2. The molecule has 0 aliphatic carbocycles. The summed E-state index contributed by atoms with van der Waals surface area (Å²) < 4.78 is 7.25. The molecule has 29 heavy (non-hydrogen) atoms. The van der Waals surface area contributed by atoms with Crippen LogP contribution < -0.4 is 15.6 Å². The molecule has 0 aliphatic heterocycles. The van der Waals surface area contributed by atoms with Crippen LogP contribution in [0.25, 0.3) is 22.3 Å². The third kappa shape index (κ3) is 5.22. The van der Waals surface area contributed by atoms with Crippen LogP contribution in [0.3, 0.4) is 0 Å². The van der Waals surface area contributed by atoms with Gasteiger partial charge in [-0.3, -0.25) is 9.36 Å². The summed E-state index contributed by atoms with van der Waals surface area (Å²) in [5.41, 5.74) is 2.43. The summed E-state index contributed by atoms with van der Waals surface area (Å²) in [5, 5.41) is 13.9. The van der Waals surface area contributed by atoms with Crippen LogP contribution in [-0.4, -0.2) is 39.5 Å². The van der Waals surface area contributed by atoms with Crippen molar-refractivity contribution in [2.75, 3.05) is 13.2 Å². The molecule has 1 unspecified atom stereocenters. The third-order valence-electron chi connectivity index (χ3n) is 4.65. The van der Waals surface area contributed by atoms with Gasteiger partial charge in [0.15, 0.2) is 0 Å². The van der Waals surface area contributed by atoms with Gasteiger partial charge >= 0.3 is 0 Å². The number of hydrogen-bond acceptors (Lipinski definition) is 5. The van der Waals surface area contributed by atoms with E-state index in [-0.39, 0.29) is 17.7 Å². The molecule has 6 heteroatoms. The van der Waals surface area contributed by atoms with Gasteiger partial charge in [0, 0.05) is 24.7 Å². The largest absolute Gasteiger partial charge is 0.491 e. The van der Waals surface area contributed by atoms with Crippen LogP contribution in [0.1, 0.15) is 26.3 Å². The Kier molecular flexibility index (Phi) is 6.05. The minimum absolute atomic E-state index is 0.0515. The molecule has 154 valence electrons. The Balaban J connectivity index is 1.74. The van der Waals surface area contributed by atoms with E-state index in [1.807, 2.05) is 49.4 Å². The highest BCUT2D eigenvalue weighted by atomic mass is 16.5. The first kappa shape index (κ1) is 21.0. The van der Waals surface area contributed by atoms with Gasteiger partial charge in [0.1, 0.15) is 24.3 Å². The molecule has 2 N–H and O–H groups in total. The predicted molar refractivity (Wildman–Crippen MR) is 116 cm³/mol. The van der Waals surface area contributed by atoms with Gasteiger partial charge in [0.25, 0.3) is 5.56 Å². The van der Waals surface area contributed by atoms with E-state index < -0.39 is 6.10 Å². The summed E-state index contributed by atoms with van der Waals surface area (Å²) in [6, 6.07) is 13.1. The van der Waals surface area contributed by atoms with Gasteiger partial charge in [-0.2, -0.15) is 0 Å². The number of benzene rings is 2. The van der Waals surface area contributed by atoms with Crippen molar-refractivity contribution in [1.82, 2.24) is 14.9 Å². The number of aromatic nitrogens is 2. The number of rotatable bonds is 6. The van der Waals surface area contributed by atoms with Crippen molar-refractivity contribution in [2.45, 2.75) is 39.3 Å². The second-order valence-electron chi connectivity index (χ2n) is 8.44. The summed E-state index contributed by atoms with van der Waals surface area (Å²) >= 11 is 0. The van der Waals surface area contributed by atoms with Crippen LogP contribution in [0.15, 0.2) is 47.3 Å². The van der Waals surface area contributed by atoms with Crippen molar-refractivity contribution in [1.29, 1.82) is 0 Å². The van der Waals surface area contributed by atoms with Gasteiger partial charge in [0.2, 0.25) is 0 Å². The lowest BCUT2D eigenvalue weighted by atomic mass is 10.1. The number of aryl methyl sites for hydroxylation is 1. The molecule has 3 aromatic rings. The molecule has 1 atom stereocenters. The first-order valence-corrected chi connectivity index (χ1v) is 9.78. The molecule has 0 fully saturated rings. The number of fused-ring (bicyclic) bond motifs is 1. The van der Waals surface area contributed by atoms with Gasteiger partial charge < -0.3 is 15.2 Å². The average molecular weight is 396 g/mol. The summed E-state index contributed by atoms with van der Waals surface area (Å²) in [6.45, 7) is 8.78. The Hall–Kier alpha value is -2.70. The van der Waals surface area contributed by atoms with E-state index in [0.29, 0.717) is 29.0 Å². The Labute approximate surface area is 171 Å². The third-order valence-corrected chi connectivity index (χ3v) is 4.65. The Morgan fingerprint density at radius 1 is 1.17 bits per heavy atom. The van der Waals surface area contributed by atoms with Crippen molar-refractivity contribution >= 4 is 10.9 Å². The lowest BCUT2D eigenvalue weighted by Crippen LogP contribution is -2.42. The van der Waals surface area contributed by atoms with Crippen LogP contribution in [0.5, 0.6) is 5.75 Å². The monoisotopic (exact) mass is 395 g/mol. The standard InChI is InChI=1S/C23H29N3O3/c1-15-6-11-20-19(12-15)22(28)26(5)21(25-20)16-7-9-18(10-8-16)29-14-17(27)13-24-23(2,3)4/h6-12,17,24,27H,13-14H2,1-5H3. The molecule has 6 nitrogen and oxygen atoms in total. The number of ether oxygens (including phenoxy) is 1. The topological polar surface area (TPSA) is 76.4 Å². The Morgan fingerprint density at radius 3 is 2.52 bits per heavy atom. The van der Waals surface area contributed by atoms with Crippen LogP contribution in [0.2, 0.25) is 0 Å². The van der Waals surface area contributed by atoms with Gasteiger partial charge in [0.05, 0.1) is 10.9 Å². The Morgan fingerprint density at radius 2 is 1.86 bits per heavy atom. The van der Waals surface area contributed by atoms with E-state index in [0.717, 1.165) is 11.1 Å². The number of hydrogen-bond donors (Lipinski definition) is 2. The van der Waals surface area contributed by atoms with E-state index in [2.05, 4.69) is 31.1 Å². The molecule has 0 amide bonds. The summed E-state index contributed by atoms with van der Waals surface area (Å²) in [4.78, 5) is 17.4. The van der Waals surface area contributed by atoms with Gasteiger partial charge in [-0.05, 0) is 64.1 Å². The van der Waals surface area contributed by atoms with Crippen LogP contribution >= 0.6 is 0 Å². The quantitative estimate of drug-likeness (QED) is 0.671. The minimum Gasteiger partial charge on any atom is -0.491 e. The predicted octanol–water partition coefficient (Wildman–Crippen LogP) is 3.04. The van der Waals surface area contributed by atoms with E-state index in [1.54, 1.807) is 11.6 Å². The average Bonchev–Trinajstić information content (AvgIpc) is 2.68. The fourth-order valence-corrected chi connectivity index (χ4v) is 3.02. The van der Waals surface area contributed by atoms with Crippen LogP contribution in [0, 0.1) is 6.92 Å². The highest BCUT2D eigenvalue weighted by Crippen LogP contribution is 2.22. The highest BCUT2D eigenvalue weighted by molar-refractivity contribution is 5.80.